The van der Waals surface area contributed by atoms with Crippen LogP contribution in [-0.2, 0) is 16.0 Å². The Morgan fingerprint density at radius 2 is 2.35 bits per heavy atom. The van der Waals surface area contributed by atoms with Gasteiger partial charge in [0.25, 0.3) is 0 Å². The number of carbonyl (C=O) groups is 1. The lowest BCUT2D eigenvalue weighted by Gasteiger charge is -2.22. The highest BCUT2D eigenvalue weighted by atomic mass is 16.6. The number of nitrogens with zero attached hydrogens (tertiary/aromatic N) is 3. The number of rotatable bonds is 6. The summed E-state index contributed by atoms with van der Waals surface area (Å²) in [5.41, 5.74) is 0.449. The van der Waals surface area contributed by atoms with Crippen molar-refractivity contribution < 1.29 is 19.0 Å². The maximum Gasteiger partial charge on any atom is 0.215 e. The molecule has 1 aliphatic heterocycles. The summed E-state index contributed by atoms with van der Waals surface area (Å²) >= 11 is 0. The lowest BCUT2D eigenvalue weighted by Crippen LogP contribution is -2.37. The predicted molar refractivity (Wildman–Crippen MR) is 72.2 cm³/mol. The van der Waals surface area contributed by atoms with Crippen molar-refractivity contribution in [1.29, 1.82) is 0 Å². The van der Waals surface area contributed by atoms with E-state index in [4.69, 9.17) is 14.2 Å². The van der Waals surface area contributed by atoms with Crippen LogP contribution in [-0.4, -0.2) is 74.1 Å². The standard InChI is InChI=1S/C13H21N3O4/c1-15(2)4-5-16-12(10(18-3)8-14-16)13(17)11-9-19-6-7-20-11/h8,11H,4-7,9H2,1-3H3. The summed E-state index contributed by atoms with van der Waals surface area (Å²) in [5.74, 6) is 0.334. The first-order valence-electron chi connectivity index (χ1n) is 6.61. The van der Waals surface area contributed by atoms with Gasteiger partial charge in [0.2, 0.25) is 5.78 Å². The van der Waals surface area contributed by atoms with Crippen LogP contribution in [0.25, 0.3) is 0 Å². The van der Waals surface area contributed by atoms with Crippen LogP contribution in [0.3, 0.4) is 0 Å². The van der Waals surface area contributed by atoms with E-state index in [1.165, 1.54) is 7.11 Å². The molecule has 112 valence electrons. The second-order valence-corrected chi connectivity index (χ2v) is 4.89. The summed E-state index contributed by atoms with van der Waals surface area (Å²) in [5, 5.41) is 4.22. The highest BCUT2D eigenvalue weighted by Gasteiger charge is 2.29. The van der Waals surface area contributed by atoms with Gasteiger partial charge in [-0.2, -0.15) is 5.10 Å². The first-order chi connectivity index (χ1) is 9.63. The van der Waals surface area contributed by atoms with Crippen LogP contribution in [0.1, 0.15) is 10.5 Å². The smallest absolute Gasteiger partial charge is 0.215 e. The van der Waals surface area contributed by atoms with E-state index in [1.54, 1.807) is 10.9 Å². The lowest BCUT2D eigenvalue weighted by atomic mass is 10.1. The Labute approximate surface area is 118 Å². The molecule has 1 atom stereocenters. The van der Waals surface area contributed by atoms with Gasteiger partial charge in [0.1, 0.15) is 11.8 Å². The third-order valence-corrected chi connectivity index (χ3v) is 3.13. The van der Waals surface area contributed by atoms with Crippen LogP contribution in [0.4, 0.5) is 0 Å². The minimum Gasteiger partial charge on any atom is -0.493 e. The van der Waals surface area contributed by atoms with Crippen LogP contribution in [0.2, 0.25) is 0 Å². The van der Waals surface area contributed by atoms with Crippen LogP contribution in [0.5, 0.6) is 5.75 Å². The third kappa shape index (κ3) is 3.36. The third-order valence-electron chi connectivity index (χ3n) is 3.13. The average Bonchev–Trinajstić information content (AvgIpc) is 2.88. The van der Waals surface area contributed by atoms with Gasteiger partial charge in [0, 0.05) is 6.54 Å². The Balaban J connectivity index is 2.18. The zero-order chi connectivity index (χ0) is 14.5. The van der Waals surface area contributed by atoms with Crippen molar-refractivity contribution in [1.82, 2.24) is 14.7 Å². The molecular formula is C13H21N3O4. The second-order valence-electron chi connectivity index (χ2n) is 4.89. The zero-order valence-corrected chi connectivity index (χ0v) is 12.2. The van der Waals surface area contributed by atoms with Crippen molar-refractivity contribution >= 4 is 5.78 Å². The van der Waals surface area contributed by atoms with Gasteiger partial charge in [-0.05, 0) is 14.1 Å². The average molecular weight is 283 g/mol. The van der Waals surface area contributed by atoms with Crippen molar-refractivity contribution in [3.05, 3.63) is 11.9 Å². The van der Waals surface area contributed by atoms with Crippen LogP contribution in [0.15, 0.2) is 6.20 Å². The molecule has 0 aliphatic carbocycles. The summed E-state index contributed by atoms with van der Waals surface area (Å²) in [6.07, 6.45) is 0.986. The summed E-state index contributed by atoms with van der Waals surface area (Å²) in [4.78, 5) is 14.6. The normalized spacial score (nSPS) is 19.3. The maximum absolute atomic E-state index is 12.5. The molecule has 0 bridgehead atoms. The van der Waals surface area contributed by atoms with Crippen LogP contribution < -0.4 is 4.74 Å². The van der Waals surface area contributed by atoms with E-state index < -0.39 is 6.10 Å². The highest BCUT2D eigenvalue weighted by Crippen LogP contribution is 2.21. The first kappa shape index (κ1) is 15.0. The fraction of sp³-hybridized carbons (Fsp3) is 0.692. The zero-order valence-electron chi connectivity index (χ0n) is 12.2. The molecule has 7 nitrogen and oxygen atoms in total. The number of aromatic nitrogens is 2. The van der Waals surface area contributed by atoms with Gasteiger partial charge in [-0.3, -0.25) is 9.48 Å². The van der Waals surface area contributed by atoms with Gasteiger partial charge in [0.05, 0.1) is 39.7 Å². The molecule has 1 unspecified atom stereocenters. The predicted octanol–water partition coefficient (Wildman–Crippen LogP) is 0.0514. The van der Waals surface area contributed by atoms with Gasteiger partial charge in [-0.1, -0.05) is 0 Å². The van der Waals surface area contributed by atoms with Gasteiger partial charge < -0.3 is 19.1 Å². The van der Waals surface area contributed by atoms with Crippen molar-refractivity contribution in [2.45, 2.75) is 12.6 Å². The van der Waals surface area contributed by atoms with Crippen LogP contribution in [0, 0.1) is 0 Å². The quantitative estimate of drug-likeness (QED) is 0.687. The fourth-order valence-electron chi connectivity index (χ4n) is 2.02. The van der Waals surface area contributed by atoms with Gasteiger partial charge in [-0.25, -0.2) is 0 Å². The molecule has 1 aromatic heterocycles. The summed E-state index contributed by atoms with van der Waals surface area (Å²) in [7, 11) is 5.48. The van der Waals surface area contributed by atoms with Crippen molar-refractivity contribution in [2.75, 3.05) is 47.6 Å². The number of likely N-dealkylation sites (N-methyl/N-ethyl adjacent to an activating group) is 1. The van der Waals surface area contributed by atoms with E-state index in [2.05, 4.69) is 5.10 Å². The Kier molecular flexibility index (Phi) is 5.11. The Morgan fingerprint density at radius 3 is 2.95 bits per heavy atom. The maximum atomic E-state index is 12.5. The Hall–Kier alpha value is -1.44. The molecule has 7 heteroatoms. The van der Waals surface area contributed by atoms with E-state index in [0.29, 0.717) is 31.2 Å². The molecule has 1 aliphatic rings. The molecule has 1 fully saturated rings. The SMILES string of the molecule is COc1cnn(CCN(C)C)c1C(=O)C1COCCO1. The molecule has 2 heterocycles. The number of ether oxygens (including phenoxy) is 3. The number of methoxy groups -OCH3 is 1. The van der Waals surface area contributed by atoms with E-state index in [9.17, 15) is 4.79 Å². The Bertz CT molecular complexity index is 452. The lowest BCUT2D eigenvalue weighted by molar-refractivity contribution is -0.0722. The van der Waals surface area contributed by atoms with Gasteiger partial charge in [-0.15, -0.1) is 0 Å². The molecule has 20 heavy (non-hydrogen) atoms. The number of Topliss-reactive ketones (excluding diaryl/α,β-unsaturated/α-hetero) is 1. The van der Waals surface area contributed by atoms with E-state index >= 15 is 0 Å². The number of hydrogen-bond donors (Lipinski definition) is 0. The van der Waals surface area contributed by atoms with Crippen molar-refractivity contribution in [3.8, 4) is 5.75 Å². The van der Waals surface area contributed by atoms with Gasteiger partial charge >= 0.3 is 0 Å². The summed E-state index contributed by atoms with van der Waals surface area (Å²) < 4.78 is 17.6. The van der Waals surface area contributed by atoms with E-state index in [0.717, 1.165) is 6.54 Å². The Morgan fingerprint density at radius 1 is 1.55 bits per heavy atom. The molecule has 1 saturated heterocycles. The number of carbonyl (C=O) groups excluding carboxylic acids is 1. The fourth-order valence-corrected chi connectivity index (χ4v) is 2.02. The second kappa shape index (κ2) is 6.83. The molecule has 0 saturated carbocycles. The summed E-state index contributed by atoms with van der Waals surface area (Å²) in [6.45, 7) is 2.64. The number of hydrogen-bond acceptors (Lipinski definition) is 6. The molecule has 0 spiro atoms. The molecular weight excluding hydrogens is 262 g/mol. The molecule has 1 aromatic rings. The molecule has 2 rings (SSSR count). The van der Waals surface area contributed by atoms with Gasteiger partial charge in [0.15, 0.2) is 5.75 Å². The first-order valence-corrected chi connectivity index (χ1v) is 6.61. The molecule has 0 radical (unpaired) electrons. The highest BCUT2D eigenvalue weighted by molar-refractivity contribution is 6.00. The topological polar surface area (TPSA) is 65.8 Å². The van der Waals surface area contributed by atoms with E-state index in [1.807, 2.05) is 19.0 Å². The van der Waals surface area contributed by atoms with E-state index in [-0.39, 0.29) is 12.4 Å². The summed E-state index contributed by atoms with van der Waals surface area (Å²) in [6, 6.07) is 0. The molecule has 0 amide bonds. The minimum absolute atomic E-state index is 0.141. The molecule has 0 aromatic carbocycles. The monoisotopic (exact) mass is 283 g/mol. The van der Waals surface area contributed by atoms with Crippen molar-refractivity contribution in [3.63, 3.8) is 0 Å². The van der Waals surface area contributed by atoms with Crippen molar-refractivity contribution in [2.24, 2.45) is 0 Å². The number of ketones is 1. The minimum atomic E-state index is -0.576. The largest absolute Gasteiger partial charge is 0.493 e. The van der Waals surface area contributed by atoms with Crippen LogP contribution >= 0.6 is 0 Å². The molecule has 0 N–H and O–H groups in total.